The fourth-order valence-corrected chi connectivity index (χ4v) is 2.65. The van der Waals surface area contributed by atoms with Crippen LogP contribution in [0.15, 0.2) is 84.9 Å². The van der Waals surface area contributed by atoms with Gasteiger partial charge in [-0.1, -0.05) is 42.5 Å². The Morgan fingerprint density at radius 3 is 2.00 bits per heavy atom. The topological polar surface area (TPSA) is 79.5 Å². The lowest BCUT2D eigenvalue weighted by Gasteiger charge is -2.10. The summed E-state index contributed by atoms with van der Waals surface area (Å²) in [6, 6.07) is 25.3. The largest absolute Gasteiger partial charge is 0.494 e. The Morgan fingerprint density at radius 2 is 1.28 bits per heavy atom. The summed E-state index contributed by atoms with van der Waals surface area (Å²) in [5.74, 6) is 0.688. The molecule has 0 heterocycles. The summed E-state index contributed by atoms with van der Waals surface area (Å²) < 4.78 is 5.58. The first-order valence-corrected chi connectivity index (χ1v) is 9.40. The van der Waals surface area contributed by atoms with Gasteiger partial charge < -0.3 is 20.7 Å². The summed E-state index contributed by atoms with van der Waals surface area (Å²) in [6.45, 7) is 0.471. The van der Waals surface area contributed by atoms with E-state index in [-0.39, 0.29) is 11.9 Å². The molecule has 6 nitrogen and oxygen atoms in total. The van der Waals surface area contributed by atoms with Crippen molar-refractivity contribution >= 4 is 29.0 Å². The van der Waals surface area contributed by atoms with Crippen LogP contribution < -0.4 is 20.7 Å². The van der Waals surface area contributed by atoms with Crippen molar-refractivity contribution in [1.82, 2.24) is 0 Å². The maximum atomic E-state index is 12.1. The van der Waals surface area contributed by atoms with E-state index in [9.17, 15) is 9.59 Å². The molecule has 0 radical (unpaired) electrons. The van der Waals surface area contributed by atoms with Gasteiger partial charge in [-0.25, -0.2) is 4.79 Å². The maximum Gasteiger partial charge on any atom is 0.323 e. The molecule has 0 saturated heterocycles. The highest BCUT2D eigenvalue weighted by atomic mass is 16.5. The molecule has 3 rings (SSSR count). The average molecular weight is 389 g/mol. The molecule has 0 unspecified atom stereocenters. The highest BCUT2D eigenvalue weighted by Crippen LogP contribution is 2.16. The maximum absolute atomic E-state index is 12.1. The minimum atomic E-state index is -0.349. The SMILES string of the molecule is O=C(CCCOc1ccccc1)Nc1cccc(NC(=O)Nc2ccccc2)c1. The van der Waals surface area contributed by atoms with Gasteiger partial charge in [-0.3, -0.25) is 4.79 Å². The Morgan fingerprint density at radius 1 is 0.690 bits per heavy atom. The minimum absolute atomic E-state index is 0.104. The number of ether oxygens (including phenoxy) is 1. The summed E-state index contributed by atoms with van der Waals surface area (Å²) in [4.78, 5) is 24.2. The lowest BCUT2D eigenvalue weighted by atomic mass is 10.2. The lowest BCUT2D eigenvalue weighted by molar-refractivity contribution is -0.116. The van der Waals surface area contributed by atoms with Gasteiger partial charge in [0.2, 0.25) is 5.91 Å². The fraction of sp³-hybridized carbons (Fsp3) is 0.130. The smallest absolute Gasteiger partial charge is 0.323 e. The second-order valence-electron chi connectivity index (χ2n) is 6.34. The Kier molecular flexibility index (Phi) is 7.23. The van der Waals surface area contributed by atoms with E-state index in [0.29, 0.717) is 36.5 Å². The number of amides is 3. The molecule has 6 heteroatoms. The van der Waals surface area contributed by atoms with Crippen LogP contribution in [0.4, 0.5) is 21.9 Å². The summed E-state index contributed by atoms with van der Waals surface area (Å²) in [7, 11) is 0. The molecule has 3 aromatic rings. The van der Waals surface area contributed by atoms with Gasteiger partial charge in [0.1, 0.15) is 5.75 Å². The van der Waals surface area contributed by atoms with Crippen LogP contribution in [0.2, 0.25) is 0 Å². The third kappa shape index (κ3) is 7.03. The van der Waals surface area contributed by atoms with E-state index in [1.807, 2.05) is 48.5 Å². The number of urea groups is 1. The van der Waals surface area contributed by atoms with Gasteiger partial charge in [0.05, 0.1) is 6.61 Å². The molecule has 0 aliphatic carbocycles. The molecule has 3 N–H and O–H groups in total. The first-order valence-electron chi connectivity index (χ1n) is 9.40. The van der Waals surface area contributed by atoms with E-state index in [1.165, 1.54) is 0 Å². The van der Waals surface area contributed by atoms with Crippen LogP contribution in [0, 0.1) is 0 Å². The Hall–Kier alpha value is -3.80. The number of anilines is 3. The molecule has 0 aliphatic rings. The van der Waals surface area contributed by atoms with Crippen molar-refractivity contribution in [1.29, 1.82) is 0 Å². The number of hydrogen-bond donors (Lipinski definition) is 3. The zero-order chi connectivity index (χ0) is 20.3. The van der Waals surface area contributed by atoms with E-state index in [1.54, 1.807) is 36.4 Å². The average Bonchev–Trinajstić information content (AvgIpc) is 2.73. The van der Waals surface area contributed by atoms with Crippen LogP contribution in [0.3, 0.4) is 0 Å². The van der Waals surface area contributed by atoms with Gasteiger partial charge in [-0.15, -0.1) is 0 Å². The molecule has 3 aromatic carbocycles. The van der Waals surface area contributed by atoms with Crippen molar-refractivity contribution in [3.05, 3.63) is 84.9 Å². The van der Waals surface area contributed by atoms with Crippen molar-refractivity contribution in [2.75, 3.05) is 22.6 Å². The molecule has 0 aromatic heterocycles. The van der Waals surface area contributed by atoms with Gasteiger partial charge >= 0.3 is 6.03 Å². The molecule has 0 aliphatic heterocycles. The Balaban J connectivity index is 1.42. The van der Waals surface area contributed by atoms with Gasteiger partial charge in [0, 0.05) is 23.5 Å². The summed E-state index contributed by atoms with van der Waals surface area (Å²) >= 11 is 0. The van der Waals surface area contributed by atoms with Crippen molar-refractivity contribution < 1.29 is 14.3 Å². The summed E-state index contributed by atoms with van der Waals surface area (Å²) in [5, 5.41) is 8.34. The van der Waals surface area contributed by atoms with E-state index in [0.717, 1.165) is 5.75 Å². The molecule has 0 saturated carbocycles. The van der Waals surface area contributed by atoms with Crippen LogP contribution in [0.5, 0.6) is 5.75 Å². The number of nitrogens with one attached hydrogen (secondary N) is 3. The predicted octanol–water partition coefficient (Wildman–Crippen LogP) is 5.13. The minimum Gasteiger partial charge on any atom is -0.494 e. The first-order chi connectivity index (χ1) is 14.2. The van der Waals surface area contributed by atoms with Gasteiger partial charge in [-0.05, 0) is 48.9 Å². The molecular weight excluding hydrogens is 366 g/mol. The van der Waals surface area contributed by atoms with E-state index in [2.05, 4.69) is 16.0 Å². The molecule has 0 bridgehead atoms. The molecule has 29 heavy (non-hydrogen) atoms. The van der Waals surface area contributed by atoms with Crippen LogP contribution in [0.25, 0.3) is 0 Å². The highest BCUT2D eigenvalue weighted by Gasteiger charge is 2.06. The number of para-hydroxylation sites is 2. The fourth-order valence-electron chi connectivity index (χ4n) is 2.65. The number of benzene rings is 3. The van der Waals surface area contributed by atoms with Crippen LogP contribution in [0.1, 0.15) is 12.8 Å². The molecule has 0 atom stereocenters. The number of carbonyl (C=O) groups is 2. The Bertz CT molecular complexity index is 930. The molecule has 148 valence electrons. The number of carbonyl (C=O) groups excluding carboxylic acids is 2. The second-order valence-corrected chi connectivity index (χ2v) is 6.34. The van der Waals surface area contributed by atoms with Crippen LogP contribution >= 0.6 is 0 Å². The lowest BCUT2D eigenvalue weighted by Crippen LogP contribution is -2.19. The standard InChI is InChI=1S/C23H23N3O3/c27-22(15-8-16-29-21-13-5-2-6-14-21)24-19-11-7-12-20(17-19)26-23(28)25-18-9-3-1-4-10-18/h1-7,9-14,17H,8,15-16H2,(H,24,27)(H2,25,26,28). The molecule has 0 fully saturated rings. The quantitative estimate of drug-likeness (QED) is 0.467. The van der Waals surface area contributed by atoms with Gasteiger partial charge in [0.25, 0.3) is 0 Å². The molecular formula is C23H23N3O3. The summed E-state index contributed by atoms with van der Waals surface area (Å²) in [6.07, 6.45) is 0.955. The summed E-state index contributed by atoms with van der Waals surface area (Å²) in [5.41, 5.74) is 1.91. The second kappa shape index (κ2) is 10.5. The Labute approximate surface area is 169 Å². The van der Waals surface area contributed by atoms with E-state index >= 15 is 0 Å². The monoisotopic (exact) mass is 389 g/mol. The van der Waals surface area contributed by atoms with Crippen molar-refractivity contribution in [2.24, 2.45) is 0 Å². The van der Waals surface area contributed by atoms with Crippen molar-refractivity contribution in [3.63, 3.8) is 0 Å². The van der Waals surface area contributed by atoms with Crippen LogP contribution in [-0.4, -0.2) is 18.5 Å². The third-order valence-corrected chi connectivity index (χ3v) is 4.00. The third-order valence-electron chi connectivity index (χ3n) is 4.00. The van der Waals surface area contributed by atoms with E-state index in [4.69, 9.17) is 4.74 Å². The van der Waals surface area contributed by atoms with Crippen LogP contribution in [-0.2, 0) is 4.79 Å². The normalized spacial score (nSPS) is 10.1. The highest BCUT2D eigenvalue weighted by molar-refractivity contribution is 6.00. The number of hydrogen-bond acceptors (Lipinski definition) is 3. The predicted molar refractivity (Wildman–Crippen MR) is 115 cm³/mol. The zero-order valence-corrected chi connectivity index (χ0v) is 15.9. The number of rotatable bonds is 8. The van der Waals surface area contributed by atoms with Gasteiger partial charge in [0.15, 0.2) is 0 Å². The molecule has 3 amide bonds. The van der Waals surface area contributed by atoms with E-state index < -0.39 is 0 Å². The first kappa shape index (κ1) is 19.9. The molecule has 0 spiro atoms. The van der Waals surface area contributed by atoms with Gasteiger partial charge in [-0.2, -0.15) is 0 Å². The van der Waals surface area contributed by atoms with Crippen molar-refractivity contribution in [2.45, 2.75) is 12.8 Å². The zero-order valence-electron chi connectivity index (χ0n) is 15.9. The van der Waals surface area contributed by atoms with Crippen molar-refractivity contribution in [3.8, 4) is 5.75 Å².